The summed E-state index contributed by atoms with van der Waals surface area (Å²) >= 11 is 6.06. The lowest BCUT2D eigenvalue weighted by Crippen LogP contribution is -2.10. The predicted octanol–water partition coefficient (Wildman–Crippen LogP) is 4.23. The van der Waals surface area contributed by atoms with Crippen LogP contribution in [-0.4, -0.2) is 0 Å². The Labute approximate surface area is 97.6 Å². The SMILES string of the molecule is CCCCC[C@H](N)c1ccc(C)c(Cl)c1. The quantitative estimate of drug-likeness (QED) is 0.746. The van der Waals surface area contributed by atoms with E-state index in [0.717, 1.165) is 22.6 Å². The molecule has 0 heterocycles. The summed E-state index contributed by atoms with van der Waals surface area (Å²) in [5.41, 5.74) is 8.36. The molecule has 1 rings (SSSR count). The average molecular weight is 226 g/mol. The van der Waals surface area contributed by atoms with Crippen molar-refractivity contribution >= 4 is 11.6 Å². The van der Waals surface area contributed by atoms with Gasteiger partial charge in [0.2, 0.25) is 0 Å². The van der Waals surface area contributed by atoms with Crippen molar-refractivity contribution in [2.75, 3.05) is 0 Å². The lowest BCUT2D eigenvalue weighted by Gasteiger charge is -2.12. The highest BCUT2D eigenvalue weighted by molar-refractivity contribution is 6.31. The Morgan fingerprint density at radius 1 is 1.33 bits per heavy atom. The fourth-order valence-electron chi connectivity index (χ4n) is 1.62. The van der Waals surface area contributed by atoms with E-state index in [0.29, 0.717) is 0 Å². The maximum atomic E-state index is 6.10. The van der Waals surface area contributed by atoms with Crippen LogP contribution in [0.3, 0.4) is 0 Å². The van der Waals surface area contributed by atoms with E-state index in [1.54, 1.807) is 0 Å². The molecule has 84 valence electrons. The Morgan fingerprint density at radius 2 is 2.07 bits per heavy atom. The van der Waals surface area contributed by atoms with Crippen molar-refractivity contribution in [1.29, 1.82) is 0 Å². The van der Waals surface area contributed by atoms with Gasteiger partial charge in [0.05, 0.1) is 0 Å². The molecule has 1 aromatic rings. The summed E-state index contributed by atoms with van der Waals surface area (Å²) in [6.07, 6.45) is 4.74. The molecular weight excluding hydrogens is 206 g/mol. The Bertz CT molecular complexity index is 309. The summed E-state index contributed by atoms with van der Waals surface area (Å²) in [6, 6.07) is 6.25. The van der Waals surface area contributed by atoms with Gasteiger partial charge in [-0.15, -0.1) is 0 Å². The molecule has 0 saturated heterocycles. The van der Waals surface area contributed by atoms with Gasteiger partial charge in [-0.3, -0.25) is 0 Å². The summed E-state index contributed by atoms with van der Waals surface area (Å²) in [5.74, 6) is 0. The second kappa shape index (κ2) is 6.14. The molecule has 1 atom stereocenters. The van der Waals surface area contributed by atoms with E-state index in [1.807, 2.05) is 19.1 Å². The van der Waals surface area contributed by atoms with Crippen molar-refractivity contribution in [1.82, 2.24) is 0 Å². The third kappa shape index (κ3) is 3.84. The largest absolute Gasteiger partial charge is 0.324 e. The molecule has 0 fully saturated rings. The van der Waals surface area contributed by atoms with Crippen LogP contribution >= 0.6 is 11.6 Å². The molecule has 0 aliphatic rings. The number of hydrogen-bond donors (Lipinski definition) is 1. The van der Waals surface area contributed by atoms with Gasteiger partial charge in [0, 0.05) is 11.1 Å². The third-order valence-corrected chi connectivity index (χ3v) is 3.15. The molecule has 0 amide bonds. The smallest absolute Gasteiger partial charge is 0.0438 e. The van der Waals surface area contributed by atoms with Crippen LogP contribution in [0.15, 0.2) is 18.2 Å². The van der Waals surface area contributed by atoms with E-state index in [2.05, 4.69) is 13.0 Å². The number of rotatable bonds is 5. The molecule has 15 heavy (non-hydrogen) atoms. The minimum atomic E-state index is 0.134. The van der Waals surface area contributed by atoms with E-state index < -0.39 is 0 Å². The fourth-order valence-corrected chi connectivity index (χ4v) is 1.81. The van der Waals surface area contributed by atoms with Gasteiger partial charge in [0.25, 0.3) is 0 Å². The normalized spacial score (nSPS) is 12.8. The average Bonchev–Trinajstić information content (AvgIpc) is 2.22. The number of benzene rings is 1. The zero-order chi connectivity index (χ0) is 11.3. The van der Waals surface area contributed by atoms with Crippen LogP contribution in [0.2, 0.25) is 5.02 Å². The molecule has 0 aromatic heterocycles. The maximum absolute atomic E-state index is 6.10. The highest BCUT2D eigenvalue weighted by atomic mass is 35.5. The number of unbranched alkanes of at least 4 members (excludes halogenated alkanes) is 2. The molecule has 1 aromatic carbocycles. The van der Waals surface area contributed by atoms with Gasteiger partial charge >= 0.3 is 0 Å². The molecule has 0 bridgehead atoms. The first-order valence-electron chi connectivity index (χ1n) is 5.66. The fraction of sp³-hybridized carbons (Fsp3) is 0.538. The van der Waals surface area contributed by atoms with Crippen molar-refractivity contribution in [3.63, 3.8) is 0 Å². The zero-order valence-electron chi connectivity index (χ0n) is 9.59. The van der Waals surface area contributed by atoms with Gasteiger partial charge in [-0.1, -0.05) is 49.9 Å². The molecule has 1 nitrogen and oxygen atoms in total. The summed E-state index contributed by atoms with van der Waals surface area (Å²) in [5, 5.41) is 0.818. The van der Waals surface area contributed by atoms with Crippen molar-refractivity contribution in [3.8, 4) is 0 Å². The number of nitrogens with two attached hydrogens (primary N) is 1. The van der Waals surface area contributed by atoms with E-state index in [1.165, 1.54) is 19.3 Å². The highest BCUT2D eigenvalue weighted by Gasteiger charge is 2.06. The predicted molar refractivity (Wildman–Crippen MR) is 67.3 cm³/mol. The highest BCUT2D eigenvalue weighted by Crippen LogP contribution is 2.23. The van der Waals surface area contributed by atoms with Crippen LogP contribution in [0.5, 0.6) is 0 Å². The summed E-state index contributed by atoms with van der Waals surface area (Å²) < 4.78 is 0. The van der Waals surface area contributed by atoms with Crippen LogP contribution in [0, 0.1) is 6.92 Å². The van der Waals surface area contributed by atoms with Crippen molar-refractivity contribution in [3.05, 3.63) is 34.3 Å². The molecular formula is C13H20ClN. The Balaban J connectivity index is 2.57. The monoisotopic (exact) mass is 225 g/mol. The van der Waals surface area contributed by atoms with Crippen molar-refractivity contribution in [2.45, 2.75) is 45.6 Å². The van der Waals surface area contributed by atoms with Crippen LogP contribution in [0.25, 0.3) is 0 Å². The Kier molecular flexibility index (Phi) is 5.13. The molecule has 0 aliphatic carbocycles. The van der Waals surface area contributed by atoms with Crippen LogP contribution in [0.1, 0.15) is 49.8 Å². The lowest BCUT2D eigenvalue weighted by molar-refractivity contribution is 0.581. The first kappa shape index (κ1) is 12.5. The van der Waals surface area contributed by atoms with E-state index >= 15 is 0 Å². The summed E-state index contributed by atoms with van der Waals surface area (Å²) in [4.78, 5) is 0. The lowest BCUT2D eigenvalue weighted by atomic mass is 10.0. The van der Waals surface area contributed by atoms with E-state index in [9.17, 15) is 0 Å². The summed E-state index contributed by atoms with van der Waals surface area (Å²) in [7, 11) is 0. The maximum Gasteiger partial charge on any atom is 0.0438 e. The van der Waals surface area contributed by atoms with Crippen LogP contribution in [0.4, 0.5) is 0 Å². The van der Waals surface area contributed by atoms with Crippen LogP contribution in [-0.2, 0) is 0 Å². The molecule has 2 N–H and O–H groups in total. The second-order valence-corrected chi connectivity index (χ2v) is 4.52. The Morgan fingerprint density at radius 3 is 2.67 bits per heavy atom. The standard InChI is InChI=1S/C13H20ClN/c1-3-4-5-6-13(15)11-8-7-10(2)12(14)9-11/h7-9,13H,3-6,15H2,1-2H3/t13-/m0/s1. The second-order valence-electron chi connectivity index (χ2n) is 4.11. The van der Waals surface area contributed by atoms with Gasteiger partial charge in [-0.2, -0.15) is 0 Å². The molecule has 2 heteroatoms. The third-order valence-electron chi connectivity index (χ3n) is 2.74. The topological polar surface area (TPSA) is 26.0 Å². The molecule has 0 spiro atoms. The van der Waals surface area contributed by atoms with Crippen LogP contribution < -0.4 is 5.73 Å². The first-order chi connectivity index (χ1) is 7.15. The Hall–Kier alpha value is -0.530. The van der Waals surface area contributed by atoms with Gasteiger partial charge in [0.15, 0.2) is 0 Å². The molecule has 0 saturated carbocycles. The number of hydrogen-bond acceptors (Lipinski definition) is 1. The zero-order valence-corrected chi connectivity index (χ0v) is 10.3. The number of halogens is 1. The van der Waals surface area contributed by atoms with Crippen molar-refractivity contribution in [2.24, 2.45) is 5.73 Å². The molecule has 0 aliphatic heterocycles. The van der Waals surface area contributed by atoms with E-state index in [-0.39, 0.29) is 6.04 Å². The van der Waals surface area contributed by atoms with Gasteiger partial charge in [0.1, 0.15) is 0 Å². The van der Waals surface area contributed by atoms with Crippen molar-refractivity contribution < 1.29 is 0 Å². The van der Waals surface area contributed by atoms with E-state index in [4.69, 9.17) is 17.3 Å². The van der Waals surface area contributed by atoms with Gasteiger partial charge in [-0.05, 0) is 30.5 Å². The van der Waals surface area contributed by atoms with Gasteiger partial charge in [-0.25, -0.2) is 0 Å². The minimum absolute atomic E-state index is 0.134. The summed E-state index contributed by atoms with van der Waals surface area (Å²) in [6.45, 7) is 4.21. The molecule has 0 radical (unpaired) electrons. The van der Waals surface area contributed by atoms with Gasteiger partial charge < -0.3 is 5.73 Å². The molecule has 0 unspecified atom stereocenters. The number of aryl methyl sites for hydroxylation is 1. The first-order valence-corrected chi connectivity index (χ1v) is 6.04. The minimum Gasteiger partial charge on any atom is -0.324 e.